The SMILES string of the molecule is Cc1nn(-c2ccc3ncccc3c2N)cc1Cl. The Balaban J connectivity index is 2.27. The van der Waals surface area contributed by atoms with Gasteiger partial charge in [0.15, 0.2) is 0 Å². The lowest BCUT2D eigenvalue weighted by Gasteiger charge is -2.08. The van der Waals surface area contributed by atoms with Crippen molar-refractivity contribution in [2.45, 2.75) is 6.92 Å². The molecule has 0 saturated heterocycles. The Hall–Kier alpha value is -2.07. The summed E-state index contributed by atoms with van der Waals surface area (Å²) in [5.74, 6) is 0. The lowest BCUT2D eigenvalue weighted by molar-refractivity contribution is 0.866. The van der Waals surface area contributed by atoms with Crippen LogP contribution in [0.4, 0.5) is 5.69 Å². The van der Waals surface area contributed by atoms with Crippen LogP contribution in [0.2, 0.25) is 5.02 Å². The first-order valence-electron chi connectivity index (χ1n) is 5.52. The van der Waals surface area contributed by atoms with E-state index in [0.717, 1.165) is 22.3 Å². The van der Waals surface area contributed by atoms with E-state index in [-0.39, 0.29) is 0 Å². The fraction of sp³-hybridized carbons (Fsp3) is 0.0769. The topological polar surface area (TPSA) is 56.7 Å². The highest BCUT2D eigenvalue weighted by Crippen LogP contribution is 2.27. The van der Waals surface area contributed by atoms with Crippen molar-refractivity contribution < 1.29 is 0 Å². The first-order valence-corrected chi connectivity index (χ1v) is 5.90. The van der Waals surface area contributed by atoms with Crippen LogP contribution in [0.25, 0.3) is 16.6 Å². The summed E-state index contributed by atoms with van der Waals surface area (Å²) in [6, 6.07) is 7.63. The Kier molecular flexibility index (Phi) is 2.45. The largest absolute Gasteiger partial charge is 0.396 e. The zero-order valence-corrected chi connectivity index (χ0v) is 10.5. The van der Waals surface area contributed by atoms with E-state index < -0.39 is 0 Å². The monoisotopic (exact) mass is 258 g/mol. The lowest BCUT2D eigenvalue weighted by Crippen LogP contribution is -2.01. The van der Waals surface area contributed by atoms with Gasteiger partial charge in [-0.05, 0) is 31.2 Å². The van der Waals surface area contributed by atoms with Gasteiger partial charge in [-0.15, -0.1) is 0 Å². The average molecular weight is 259 g/mol. The van der Waals surface area contributed by atoms with Gasteiger partial charge in [0.05, 0.1) is 27.6 Å². The molecule has 4 nitrogen and oxygen atoms in total. The predicted octanol–water partition coefficient (Wildman–Crippen LogP) is 2.96. The van der Waals surface area contributed by atoms with Crippen LogP contribution in [0, 0.1) is 6.92 Å². The lowest BCUT2D eigenvalue weighted by atomic mass is 10.1. The molecule has 2 heterocycles. The van der Waals surface area contributed by atoms with Crippen LogP contribution in [0.1, 0.15) is 5.69 Å². The summed E-state index contributed by atoms with van der Waals surface area (Å²) in [7, 11) is 0. The first kappa shape index (κ1) is 11.0. The third-order valence-electron chi connectivity index (χ3n) is 2.89. The number of pyridine rings is 1. The predicted molar refractivity (Wildman–Crippen MR) is 73.0 cm³/mol. The minimum absolute atomic E-state index is 0.626. The molecule has 0 radical (unpaired) electrons. The van der Waals surface area contributed by atoms with Gasteiger partial charge in [-0.2, -0.15) is 5.10 Å². The number of aromatic nitrogens is 3. The molecule has 0 spiro atoms. The van der Waals surface area contributed by atoms with E-state index in [1.54, 1.807) is 17.1 Å². The second-order valence-electron chi connectivity index (χ2n) is 4.08. The molecule has 5 heteroatoms. The molecule has 0 aliphatic carbocycles. The number of rotatable bonds is 1. The second kappa shape index (κ2) is 3.99. The summed E-state index contributed by atoms with van der Waals surface area (Å²) < 4.78 is 1.69. The molecule has 18 heavy (non-hydrogen) atoms. The Morgan fingerprint density at radius 2 is 2.11 bits per heavy atom. The highest BCUT2D eigenvalue weighted by molar-refractivity contribution is 6.31. The number of fused-ring (bicyclic) bond motifs is 1. The van der Waals surface area contributed by atoms with Crippen molar-refractivity contribution in [3.05, 3.63) is 47.4 Å². The first-order chi connectivity index (χ1) is 8.66. The van der Waals surface area contributed by atoms with Crippen LogP contribution < -0.4 is 5.73 Å². The Bertz CT molecular complexity index is 713. The van der Waals surface area contributed by atoms with Gasteiger partial charge in [-0.1, -0.05) is 11.6 Å². The van der Waals surface area contributed by atoms with Gasteiger partial charge in [-0.25, -0.2) is 4.68 Å². The van der Waals surface area contributed by atoms with Crippen LogP contribution in [0.15, 0.2) is 36.7 Å². The van der Waals surface area contributed by atoms with Crippen LogP contribution in [-0.4, -0.2) is 14.8 Å². The molecule has 3 rings (SSSR count). The second-order valence-corrected chi connectivity index (χ2v) is 4.48. The van der Waals surface area contributed by atoms with E-state index in [1.807, 2.05) is 31.2 Å². The third kappa shape index (κ3) is 1.62. The van der Waals surface area contributed by atoms with E-state index in [0.29, 0.717) is 10.7 Å². The molecule has 0 unspecified atom stereocenters. The summed E-state index contributed by atoms with van der Waals surface area (Å²) in [4.78, 5) is 4.26. The van der Waals surface area contributed by atoms with Gasteiger partial charge >= 0.3 is 0 Å². The van der Waals surface area contributed by atoms with Gasteiger partial charge < -0.3 is 5.73 Å². The van der Waals surface area contributed by atoms with Crippen molar-refractivity contribution in [2.75, 3.05) is 5.73 Å². The minimum Gasteiger partial charge on any atom is -0.396 e. The Morgan fingerprint density at radius 1 is 1.28 bits per heavy atom. The number of anilines is 1. The van der Waals surface area contributed by atoms with Crippen LogP contribution in [0.3, 0.4) is 0 Å². The third-order valence-corrected chi connectivity index (χ3v) is 3.26. The number of nitrogen functional groups attached to an aromatic ring is 1. The molecule has 0 saturated carbocycles. The molecule has 0 aliphatic rings. The molecule has 0 amide bonds. The van der Waals surface area contributed by atoms with Crippen LogP contribution >= 0.6 is 11.6 Å². The number of hydrogen-bond donors (Lipinski definition) is 1. The van der Waals surface area contributed by atoms with Crippen molar-refractivity contribution >= 4 is 28.2 Å². The standard InChI is InChI=1S/C13H11ClN4/c1-8-10(14)7-18(17-8)12-5-4-11-9(13(12)15)3-2-6-16-11/h2-7H,15H2,1H3. The number of benzene rings is 1. The molecule has 3 aromatic rings. The van der Waals surface area contributed by atoms with Crippen LogP contribution in [0.5, 0.6) is 0 Å². The van der Waals surface area contributed by atoms with Crippen molar-refractivity contribution in [1.82, 2.24) is 14.8 Å². The number of nitrogens with zero attached hydrogens (tertiary/aromatic N) is 3. The highest BCUT2D eigenvalue weighted by atomic mass is 35.5. The van der Waals surface area contributed by atoms with Gasteiger partial charge in [0.1, 0.15) is 0 Å². The van der Waals surface area contributed by atoms with Gasteiger partial charge in [0, 0.05) is 17.8 Å². The van der Waals surface area contributed by atoms with E-state index >= 15 is 0 Å². The van der Waals surface area contributed by atoms with E-state index in [4.69, 9.17) is 17.3 Å². The van der Waals surface area contributed by atoms with E-state index in [2.05, 4.69) is 10.1 Å². The molecule has 0 bridgehead atoms. The summed E-state index contributed by atoms with van der Waals surface area (Å²) in [5, 5.41) is 5.87. The molecular weight excluding hydrogens is 248 g/mol. The smallest absolute Gasteiger partial charge is 0.0883 e. The Labute approximate surface area is 109 Å². The maximum Gasteiger partial charge on any atom is 0.0883 e. The van der Waals surface area contributed by atoms with Gasteiger partial charge in [0.25, 0.3) is 0 Å². The van der Waals surface area contributed by atoms with Crippen molar-refractivity contribution in [3.63, 3.8) is 0 Å². The fourth-order valence-electron chi connectivity index (χ4n) is 1.93. The number of nitrogens with two attached hydrogens (primary N) is 1. The van der Waals surface area contributed by atoms with Crippen LogP contribution in [-0.2, 0) is 0 Å². The zero-order valence-electron chi connectivity index (χ0n) is 9.76. The normalized spacial score (nSPS) is 11.0. The number of halogens is 1. The minimum atomic E-state index is 0.626. The fourth-order valence-corrected chi connectivity index (χ4v) is 2.06. The van der Waals surface area contributed by atoms with Crippen molar-refractivity contribution in [3.8, 4) is 5.69 Å². The summed E-state index contributed by atoms with van der Waals surface area (Å²) in [5.41, 5.74) is 9.28. The summed E-state index contributed by atoms with van der Waals surface area (Å²) in [6.07, 6.45) is 3.50. The molecule has 1 aromatic carbocycles. The molecule has 0 atom stereocenters. The molecule has 2 N–H and O–H groups in total. The van der Waals surface area contributed by atoms with E-state index in [1.165, 1.54) is 0 Å². The number of hydrogen-bond acceptors (Lipinski definition) is 3. The molecule has 0 aliphatic heterocycles. The zero-order chi connectivity index (χ0) is 12.7. The molecule has 90 valence electrons. The van der Waals surface area contributed by atoms with Gasteiger partial charge in [-0.3, -0.25) is 4.98 Å². The average Bonchev–Trinajstić information content (AvgIpc) is 2.70. The molecular formula is C13H11ClN4. The van der Waals surface area contributed by atoms with Crippen molar-refractivity contribution in [2.24, 2.45) is 0 Å². The molecule has 0 fully saturated rings. The van der Waals surface area contributed by atoms with E-state index in [9.17, 15) is 0 Å². The summed E-state index contributed by atoms with van der Waals surface area (Å²) in [6.45, 7) is 1.86. The van der Waals surface area contributed by atoms with Crippen molar-refractivity contribution in [1.29, 1.82) is 0 Å². The Morgan fingerprint density at radius 3 is 2.83 bits per heavy atom. The quantitative estimate of drug-likeness (QED) is 0.683. The molecule has 2 aromatic heterocycles. The maximum absolute atomic E-state index is 6.17. The maximum atomic E-state index is 6.17. The highest BCUT2D eigenvalue weighted by Gasteiger charge is 2.09. The number of aryl methyl sites for hydroxylation is 1. The van der Waals surface area contributed by atoms with Gasteiger partial charge in [0.2, 0.25) is 0 Å². The summed E-state index contributed by atoms with van der Waals surface area (Å²) >= 11 is 6.01.